The zero-order valence-corrected chi connectivity index (χ0v) is 20.9. The molecule has 0 spiro atoms. The lowest BCUT2D eigenvalue weighted by molar-refractivity contribution is 0.0991. The molecule has 0 saturated carbocycles. The molecule has 13 heteroatoms. The number of hydrogen-bond donors (Lipinski definition) is 2. The number of sulfonamides is 1. The first-order chi connectivity index (χ1) is 16.6. The molecule has 11 nitrogen and oxygen atoms in total. The Balaban J connectivity index is 1.56. The van der Waals surface area contributed by atoms with Crippen LogP contribution >= 0.6 is 11.5 Å². The van der Waals surface area contributed by atoms with Gasteiger partial charge in [-0.25, -0.2) is 23.4 Å². The lowest BCUT2D eigenvalue weighted by Crippen LogP contribution is -2.17. The monoisotopic (exact) mass is 514 g/mol. The molecule has 4 rings (SSSR count). The Hall–Kier alpha value is -3.84. The summed E-state index contributed by atoms with van der Waals surface area (Å²) in [7, 11) is -2.87. The highest BCUT2D eigenvalue weighted by atomic mass is 32.2. The summed E-state index contributed by atoms with van der Waals surface area (Å²) in [6.45, 7) is 5.76. The maximum Gasteiger partial charge on any atom is 0.311 e. The van der Waals surface area contributed by atoms with E-state index in [2.05, 4.69) is 29.4 Å². The third-order valence-corrected chi connectivity index (χ3v) is 6.73. The van der Waals surface area contributed by atoms with E-state index in [1.54, 1.807) is 0 Å². The van der Waals surface area contributed by atoms with Gasteiger partial charge >= 0.3 is 5.91 Å². The molecule has 0 aliphatic carbocycles. The maximum absolute atomic E-state index is 13.1. The van der Waals surface area contributed by atoms with Gasteiger partial charge in [0.1, 0.15) is 5.82 Å². The van der Waals surface area contributed by atoms with Crippen molar-refractivity contribution < 1.29 is 22.4 Å². The molecule has 0 aliphatic heterocycles. The van der Waals surface area contributed by atoms with E-state index in [4.69, 9.17) is 9.15 Å². The van der Waals surface area contributed by atoms with E-state index in [1.807, 2.05) is 51.1 Å². The number of ether oxygens (including phenoxy) is 1. The first-order valence-electron chi connectivity index (χ1n) is 10.3. The van der Waals surface area contributed by atoms with Crippen molar-refractivity contribution in [1.29, 1.82) is 0 Å². The fraction of sp³-hybridized carbons (Fsp3) is 0.227. The molecule has 0 aliphatic rings. The van der Waals surface area contributed by atoms with E-state index in [0.29, 0.717) is 11.6 Å². The SMILES string of the molecule is COc1ncc(NC(=O)c2ncc(-c3ccccc3)o2)cc1S(=O)(=O)Nc1nc(C(C)(C)C)ns1. The number of methoxy groups -OCH3 is 1. The van der Waals surface area contributed by atoms with E-state index >= 15 is 0 Å². The van der Waals surface area contributed by atoms with E-state index in [1.165, 1.54) is 25.6 Å². The number of rotatable bonds is 7. The molecule has 182 valence electrons. The van der Waals surface area contributed by atoms with Crippen LogP contribution in [0.1, 0.15) is 37.3 Å². The molecule has 2 N–H and O–H groups in total. The van der Waals surface area contributed by atoms with Crippen LogP contribution in [-0.4, -0.2) is 40.8 Å². The molecule has 0 saturated heterocycles. The Morgan fingerprint density at radius 2 is 1.86 bits per heavy atom. The number of carbonyl (C=O) groups excluding carboxylic acids is 1. The highest BCUT2D eigenvalue weighted by Gasteiger charge is 2.26. The number of amides is 1. The van der Waals surface area contributed by atoms with Crippen molar-refractivity contribution in [2.45, 2.75) is 31.1 Å². The van der Waals surface area contributed by atoms with Crippen LogP contribution in [0.4, 0.5) is 10.8 Å². The fourth-order valence-corrected chi connectivity index (χ4v) is 5.01. The number of oxazole rings is 1. The highest BCUT2D eigenvalue weighted by molar-refractivity contribution is 7.93. The van der Waals surface area contributed by atoms with Crippen LogP contribution in [0, 0.1) is 0 Å². The quantitative estimate of drug-likeness (QED) is 0.374. The maximum atomic E-state index is 13.1. The summed E-state index contributed by atoms with van der Waals surface area (Å²) in [6, 6.07) is 10.4. The molecular formula is C22H22N6O5S2. The average molecular weight is 515 g/mol. The van der Waals surface area contributed by atoms with Gasteiger partial charge in [-0.05, 0) is 6.07 Å². The van der Waals surface area contributed by atoms with Gasteiger partial charge in [0.25, 0.3) is 15.9 Å². The number of pyridine rings is 1. The number of nitrogens with zero attached hydrogens (tertiary/aromatic N) is 4. The molecule has 0 atom stereocenters. The zero-order chi connectivity index (χ0) is 25.2. The summed E-state index contributed by atoms with van der Waals surface area (Å²) in [5.41, 5.74) is 0.517. The number of anilines is 2. The molecule has 0 radical (unpaired) electrons. The number of benzene rings is 1. The van der Waals surface area contributed by atoms with Gasteiger partial charge in [-0.1, -0.05) is 51.1 Å². The average Bonchev–Trinajstić information content (AvgIpc) is 3.49. The van der Waals surface area contributed by atoms with Gasteiger partial charge in [-0.2, -0.15) is 4.37 Å². The summed E-state index contributed by atoms with van der Waals surface area (Å²) in [6.07, 6.45) is 2.70. The van der Waals surface area contributed by atoms with Gasteiger partial charge < -0.3 is 14.5 Å². The molecule has 35 heavy (non-hydrogen) atoms. The second kappa shape index (κ2) is 9.43. The van der Waals surface area contributed by atoms with Gasteiger partial charge in [-0.3, -0.25) is 9.52 Å². The first kappa shape index (κ1) is 24.3. The lowest BCUT2D eigenvalue weighted by atomic mass is 9.96. The minimum atomic E-state index is -4.16. The highest BCUT2D eigenvalue weighted by Crippen LogP contribution is 2.29. The molecule has 0 unspecified atom stereocenters. The Labute approximate surface area is 205 Å². The van der Waals surface area contributed by atoms with Crippen molar-refractivity contribution in [3.63, 3.8) is 0 Å². The van der Waals surface area contributed by atoms with E-state index < -0.39 is 15.9 Å². The van der Waals surface area contributed by atoms with Crippen molar-refractivity contribution in [2.24, 2.45) is 0 Å². The number of nitrogens with one attached hydrogen (secondary N) is 2. The van der Waals surface area contributed by atoms with Crippen LogP contribution in [0.15, 0.2) is 58.1 Å². The predicted octanol–water partition coefficient (Wildman–Crippen LogP) is 3.95. The Morgan fingerprint density at radius 1 is 1.11 bits per heavy atom. The summed E-state index contributed by atoms with van der Waals surface area (Å²) >= 11 is 0.921. The van der Waals surface area contributed by atoms with E-state index in [9.17, 15) is 13.2 Å². The van der Waals surface area contributed by atoms with Crippen LogP contribution in [-0.2, 0) is 15.4 Å². The third-order valence-electron chi connectivity index (χ3n) is 4.64. The number of carbonyl (C=O) groups is 1. The van der Waals surface area contributed by atoms with Crippen molar-refractivity contribution >= 4 is 38.3 Å². The molecule has 3 aromatic heterocycles. The summed E-state index contributed by atoms with van der Waals surface area (Å²) in [5.74, 6) is -0.0893. The van der Waals surface area contributed by atoms with Gasteiger partial charge in [0.05, 0.1) is 25.2 Å². The van der Waals surface area contributed by atoms with Crippen molar-refractivity contribution in [1.82, 2.24) is 19.3 Å². The fourth-order valence-electron chi connectivity index (χ4n) is 2.89. The summed E-state index contributed by atoms with van der Waals surface area (Å²) < 4.78 is 43.4. The second-order valence-corrected chi connectivity index (χ2v) is 10.8. The summed E-state index contributed by atoms with van der Waals surface area (Å²) in [4.78, 5) is 24.6. The van der Waals surface area contributed by atoms with Crippen LogP contribution in [0.3, 0.4) is 0 Å². The number of hydrogen-bond acceptors (Lipinski definition) is 10. The standard InChI is InChI=1S/C22H22N6O5S2/c1-22(2,3)20-26-21(34-27-20)28-35(30,31)16-10-14(11-23-18(16)32-4)25-17(29)19-24-12-15(33-19)13-8-6-5-7-9-13/h5-12H,1-4H3,(H,25,29)(H,26,27,28). The second-order valence-electron chi connectivity index (χ2n) is 8.36. The Kier molecular flexibility index (Phi) is 6.54. The molecule has 3 heterocycles. The summed E-state index contributed by atoms with van der Waals surface area (Å²) in [5, 5.41) is 2.64. The van der Waals surface area contributed by atoms with Crippen molar-refractivity contribution in [3.8, 4) is 17.2 Å². The van der Waals surface area contributed by atoms with Gasteiger partial charge in [-0.15, -0.1) is 0 Å². The van der Waals surface area contributed by atoms with Gasteiger partial charge in [0.2, 0.25) is 11.0 Å². The Morgan fingerprint density at radius 3 is 2.51 bits per heavy atom. The normalized spacial score (nSPS) is 11.8. The van der Waals surface area contributed by atoms with Gasteiger partial charge in [0.15, 0.2) is 10.7 Å². The van der Waals surface area contributed by atoms with E-state index in [-0.39, 0.29) is 32.9 Å². The molecular weight excluding hydrogens is 492 g/mol. The first-order valence-corrected chi connectivity index (χ1v) is 12.6. The smallest absolute Gasteiger partial charge is 0.311 e. The molecule has 4 aromatic rings. The lowest BCUT2D eigenvalue weighted by Gasteiger charge is -2.12. The van der Waals surface area contributed by atoms with Crippen LogP contribution < -0.4 is 14.8 Å². The number of aromatic nitrogens is 4. The third kappa shape index (κ3) is 5.46. The largest absolute Gasteiger partial charge is 0.480 e. The van der Waals surface area contributed by atoms with Crippen LogP contribution in [0.25, 0.3) is 11.3 Å². The Bertz CT molecular complexity index is 1460. The molecule has 1 aromatic carbocycles. The van der Waals surface area contributed by atoms with Crippen LogP contribution in [0.2, 0.25) is 0 Å². The molecule has 0 fully saturated rings. The zero-order valence-electron chi connectivity index (χ0n) is 19.3. The van der Waals surface area contributed by atoms with Crippen molar-refractivity contribution in [3.05, 3.63) is 60.5 Å². The van der Waals surface area contributed by atoms with Crippen molar-refractivity contribution in [2.75, 3.05) is 17.1 Å². The predicted molar refractivity (Wildman–Crippen MR) is 130 cm³/mol. The van der Waals surface area contributed by atoms with Crippen LogP contribution in [0.5, 0.6) is 5.88 Å². The topological polar surface area (TPSA) is 149 Å². The minimum Gasteiger partial charge on any atom is -0.480 e. The molecule has 1 amide bonds. The molecule has 0 bridgehead atoms. The minimum absolute atomic E-state index is 0.0969. The van der Waals surface area contributed by atoms with Gasteiger partial charge in [0, 0.05) is 22.5 Å². The van der Waals surface area contributed by atoms with E-state index in [0.717, 1.165) is 17.1 Å².